The Labute approximate surface area is 113 Å². The first-order valence-corrected chi connectivity index (χ1v) is 6.42. The SMILES string of the molecule is CCCCNc1cc(C(=O)O)cc(N2OSO2)c1F. The van der Waals surface area contributed by atoms with Gasteiger partial charge in [-0.1, -0.05) is 18.6 Å². The van der Waals surface area contributed by atoms with Crippen molar-refractivity contribution in [2.75, 3.05) is 17.1 Å². The zero-order valence-corrected chi connectivity index (χ0v) is 11.0. The molecule has 1 aliphatic rings. The van der Waals surface area contributed by atoms with E-state index in [4.69, 9.17) is 13.7 Å². The van der Waals surface area contributed by atoms with Crippen molar-refractivity contribution < 1.29 is 22.9 Å². The summed E-state index contributed by atoms with van der Waals surface area (Å²) in [6, 6.07) is 2.41. The van der Waals surface area contributed by atoms with Crippen LogP contribution >= 0.6 is 12.3 Å². The molecule has 104 valence electrons. The molecule has 0 aliphatic carbocycles. The largest absolute Gasteiger partial charge is 0.478 e. The van der Waals surface area contributed by atoms with Crippen LogP contribution in [0.2, 0.25) is 0 Å². The molecular formula is C11H13FN2O4S. The Morgan fingerprint density at radius 1 is 1.53 bits per heavy atom. The lowest BCUT2D eigenvalue weighted by molar-refractivity contribution is 0.0251. The molecule has 0 unspecified atom stereocenters. The van der Waals surface area contributed by atoms with Gasteiger partial charge < -0.3 is 10.4 Å². The third-order valence-corrected chi connectivity index (χ3v) is 2.93. The van der Waals surface area contributed by atoms with E-state index in [9.17, 15) is 9.18 Å². The lowest BCUT2D eigenvalue weighted by atomic mass is 10.1. The lowest BCUT2D eigenvalue weighted by Gasteiger charge is -2.27. The van der Waals surface area contributed by atoms with Crippen molar-refractivity contribution in [3.8, 4) is 0 Å². The minimum Gasteiger partial charge on any atom is -0.478 e. The van der Waals surface area contributed by atoms with E-state index in [0.29, 0.717) is 18.9 Å². The molecule has 19 heavy (non-hydrogen) atoms. The molecule has 1 heterocycles. The summed E-state index contributed by atoms with van der Waals surface area (Å²) in [5.41, 5.74) is 0.00426. The fourth-order valence-electron chi connectivity index (χ4n) is 1.54. The Bertz CT molecular complexity index is 482. The molecule has 0 saturated carbocycles. The first-order chi connectivity index (χ1) is 9.13. The van der Waals surface area contributed by atoms with Crippen molar-refractivity contribution in [1.82, 2.24) is 0 Å². The number of unbranched alkanes of at least 4 members (excludes halogenated alkanes) is 1. The summed E-state index contributed by atoms with van der Waals surface area (Å²) in [5, 5.41) is 12.7. The zero-order valence-electron chi connectivity index (χ0n) is 10.2. The predicted molar refractivity (Wildman–Crippen MR) is 69.0 cm³/mol. The molecular weight excluding hydrogens is 275 g/mol. The Kier molecular flexibility index (Phi) is 4.46. The molecule has 0 bridgehead atoms. The molecule has 0 amide bonds. The van der Waals surface area contributed by atoms with E-state index in [-0.39, 0.29) is 16.9 Å². The van der Waals surface area contributed by atoms with Gasteiger partial charge in [0.2, 0.25) is 12.3 Å². The molecule has 0 spiro atoms. The molecule has 6 nitrogen and oxygen atoms in total. The van der Waals surface area contributed by atoms with Crippen molar-refractivity contribution in [3.63, 3.8) is 0 Å². The highest BCUT2D eigenvalue weighted by Crippen LogP contribution is 2.36. The van der Waals surface area contributed by atoms with Gasteiger partial charge in [0.1, 0.15) is 5.69 Å². The summed E-state index contributed by atoms with van der Waals surface area (Å²) in [7, 11) is 0. The molecule has 8 heteroatoms. The number of carboxylic acid groups (broad SMARTS) is 1. The molecule has 1 fully saturated rings. The number of benzene rings is 1. The minimum absolute atomic E-state index is 0.0421. The number of rotatable bonds is 6. The van der Waals surface area contributed by atoms with E-state index >= 15 is 0 Å². The fourth-order valence-corrected chi connectivity index (χ4v) is 1.82. The van der Waals surface area contributed by atoms with Crippen LogP contribution in [-0.4, -0.2) is 17.6 Å². The van der Waals surface area contributed by atoms with Crippen molar-refractivity contribution in [3.05, 3.63) is 23.5 Å². The summed E-state index contributed by atoms with van der Waals surface area (Å²) in [4.78, 5) is 11.0. The lowest BCUT2D eigenvalue weighted by Crippen LogP contribution is -2.28. The third kappa shape index (κ3) is 3.09. The van der Waals surface area contributed by atoms with Gasteiger partial charge in [-0.3, -0.25) is 0 Å². The van der Waals surface area contributed by atoms with Crippen LogP contribution in [-0.2, 0) is 8.57 Å². The molecule has 2 N–H and O–H groups in total. The molecule has 1 aromatic carbocycles. The first kappa shape index (κ1) is 13.9. The summed E-state index contributed by atoms with van der Waals surface area (Å²) in [6.07, 6.45) is 1.81. The predicted octanol–water partition coefficient (Wildman–Crippen LogP) is 2.98. The normalized spacial score (nSPS) is 14.1. The summed E-state index contributed by atoms with van der Waals surface area (Å²) in [6.45, 7) is 2.57. The third-order valence-electron chi connectivity index (χ3n) is 2.54. The average Bonchev–Trinajstić information content (AvgIpc) is 2.31. The highest BCUT2D eigenvalue weighted by molar-refractivity contribution is 7.90. The summed E-state index contributed by atoms with van der Waals surface area (Å²) >= 11 is 0.682. The highest BCUT2D eigenvalue weighted by Gasteiger charge is 2.27. The van der Waals surface area contributed by atoms with Gasteiger partial charge in [0.05, 0.1) is 11.3 Å². The van der Waals surface area contributed by atoms with Gasteiger partial charge in [0.15, 0.2) is 5.82 Å². The smallest absolute Gasteiger partial charge is 0.335 e. The Morgan fingerprint density at radius 2 is 2.26 bits per heavy atom. The van der Waals surface area contributed by atoms with Crippen molar-refractivity contribution >= 4 is 29.7 Å². The number of halogens is 1. The van der Waals surface area contributed by atoms with Crippen LogP contribution in [0.1, 0.15) is 30.1 Å². The van der Waals surface area contributed by atoms with Gasteiger partial charge >= 0.3 is 5.97 Å². The first-order valence-electron chi connectivity index (χ1n) is 5.75. The molecule has 0 aromatic heterocycles. The maximum absolute atomic E-state index is 14.1. The zero-order chi connectivity index (χ0) is 13.8. The van der Waals surface area contributed by atoms with Crippen molar-refractivity contribution in [2.24, 2.45) is 0 Å². The second kappa shape index (κ2) is 6.09. The molecule has 1 aromatic rings. The van der Waals surface area contributed by atoms with E-state index in [1.54, 1.807) is 0 Å². The van der Waals surface area contributed by atoms with Gasteiger partial charge in [0.25, 0.3) is 0 Å². The van der Waals surface area contributed by atoms with E-state index in [2.05, 4.69) is 5.32 Å². The van der Waals surface area contributed by atoms with Gasteiger partial charge in [-0.2, -0.15) is 0 Å². The quantitative estimate of drug-likeness (QED) is 0.616. The second-order valence-electron chi connectivity index (χ2n) is 3.92. The van der Waals surface area contributed by atoms with Gasteiger partial charge in [-0.15, -0.1) is 8.57 Å². The van der Waals surface area contributed by atoms with Gasteiger partial charge in [0, 0.05) is 6.54 Å². The number of anilines is 2. The van der Waals surface area contributed by atoms with Crippen LogP contribution < -0.4 is 10.5 Å². The number of carboxylic acids is 1. The standard InChI is InChI=1S/C11H13FN2O4S/c1-2-3-4-13-8-5-7(11(15)16)6-9(10(8)12)14-17-19-18-14/h5-6,13H,2-4H2,1H3,(H,15,16). The minimum atomic E-state index is -1.15. The molecule has 0 atom stereocenters. The van der Waals surface area contributed by atoms with Crippen molar-refractivity contribution in [2.45, 2.75) is 19.8 Å². The van der Waals surface area contributed by atoms with Crippen LogP contribution in [0.5, 0.6) is 0 Å². The van der Waals surface area contributed by atoms with Gasteiger partial charge in [-0.05, 0) is 18.6 Å². The number of hydrogen-bond acceptors (Lipinski definition) is 6. The Hall–Kier alpha value is -1.51. The van der Waals surface area contributed by atoms with E-state index in [0.717, 1.165) is 24.1 Å². The Balaban J connectivity index is 2.28. The maximum atomic E-state index is 14.1. The topological polar surface area (TPSA) is 71.0 Å². The number of nitrogens with one attached hydrogen (secondary N) is 1. The highest BCUT2D eigenvalue weighted by atomic mass is 32.2. The molecule has 2 rings (SSSR count). The average molecular weight is 288 g/mol. The van der Waals surface area contributed by atoms with E-state index in [1.165, 1.54) is 6.07 Å². The summed E-state index contributed by atoms with van der Waals surface area (Å²) < 4.78 is 23.7. The van der Waals surface area contributed by atoms with Crippen LogP contribution in [0.25, 0.3) is 0 Å². The number of aromatic carboxylic acids is 1. The molecule has 1 aliphatic heterocycles. The number of carbonyl (C=O) groups is 1. The van der Waals surface area contributed by atoms with E-state index < -0.39 is 11.8 Å². The molecule has 1 saturated heterocycles. The number of hydrogen-bond donors (Lipinski definition) is 2. The van der Waals surface area contributed by atoms with Crippen LogP contribution in [0, 0.1) is 5.82 Å². The molecule has 0 radical (unpaired) electrons. The fraction of sp³-hybridized carbons (Fsp3) is 0.364. The van der Waals surface area contributed by atoms with E-state index in [1.807, 2.05) is 6.92 Å². The van der Waals surface area contributed by atoms with Crippen molar-refractivity contribution in [1.29, 1.82) is 0 Å². The summed E-state index contributed by atoms with van der Waals surface area (Å²) in [5.74, 6) is -1.76. The van der Waals surface area contributed by atoms with Crippen LogP contribution in [0.3, 0.4) is 0 Å². The number of nitrogens with zero attached hydrogens (tertiary/aromatic N) is 1. The monoisotopic (exact) mass is 288 g/mol. The second-order valence-corrected chi connectivity index (χ2v) is 4.35. The van der Waals surface area contributed by atoms with Gasteiger partial charge in [-0.25, -0.2) is 9.18 Å². The van der Waals surface area contributed by atoms with Crippen LogP contribution in [0.15, 0.2) is 12.1 Å². The Morgan fingerprint density at radius 3 is 2.79 bits per heavy atom. The maximum Gasteiger partial charge on any atom is 0.335 e. The van der Waals surface area contributed by atoms with Crippen LogP contribution in [0.4, 0.5) is 15.8 Å².